The first-order chi connectivity index (χ1) is 12.7. The maximum Gasteiger partial charge on any atom is 0.424 e. The van der Waals surface area contributed by atoms with Crippen LogP contribution in [0.2, 0.25) is 0 Å². The number of aryl methyl sites for hydroxylation is 1. The number of aromatic nitrogens is 2. The maximum atomic E-state index is 13.6. The highest BCUT2D eigenvalue weighted by atomic mass is 19.4. The Morgan fingerprint density at radius 1 is 1.52 bits per heavy atom. The number of rotatable bonds is 7. The van der Waals surface area contributed by atoms with E-state index in [9.17, 15) is 18.3 Å². The fraction of sp³-hybridized carbons (Fsp3) is 0.765. The number of aliphatic hydroxyl groups is 1. The van der Waals surface area contributed by atoms with Crippen LogP contribution in [-0.2, 0) is 17.4 Å². The molecule has 10 heteroatoms. The molecule has 2 heterocycles. The van der Waals surface area contributed by atoms with Crippen molar-refractivity contribution >= 4 is 5.96 Å². The van der Waals surface area contributed by atoms with Crippen molar-refractivity contribution in [3.05, 3.63) is 18.2 Å². The number of ether oxygens (including phenoxy) is 1. The molecular weight excluding hydrogens is 363 g/mol. The summed E-state index contributed by atoms with van der Waals surface area (Å²) in [4.78, 5) is 9.87. The smallest absolute Gasteiger partial charge is 0.381 e. The number of hydrogen-bond donors (Lipinski definition) is 2. The Kier molecular flexibility index (Phi) is 7.10. The van der Waals surface area contributed by atoms with Gasteiger partial charge in [0.15, 0.2) is 5.96 Å². The second-order valence-electron chi connectivity index (χ2n) is 6.82. The Labute approximate surface area is 157 Å². The van der Waals surface area contributed by atoms with Gasteiger partial charge in [-0.25, -0.2) is 4.98 Å². The van der Waals surface area contributed by atoms with Gasteiger partial charge in [0, 0.05) is 65.1 Å². The molecule has 2 unspecified atom stereocenters. The Hall–Kier alpha value is -1.81. The third-order valence-corrected chi connectivity index (χ3v) is 4.65. The van der Waals surface area contributed by atoms with E-state index < -0.39 is 24.0 Å². The SMILES string of the molecule is CCNC(=NCCC(O)(c1nccn1C)C(F)(F)F)N(C)CC1CCOC1. The van der Waals surface area contributed by atoms with Crippen molar-refractivity contribution in [1.29, 1.82) is 0 Å². The van der Waals surface area contributed by atoms with Gasteiger partial charge >= 0.3 is 6.18 Å². The van der Waals surface area contributed by atoms with Crippen LogP contribution in [0.25, 0.3) is 0 Å². The summed E-state index contributed by atoms with van der Waals surface area (Å²) in [5, 5.41) is 13.5. The van der Waals surface area contributed by atoms with Crippen molar-refractivity contribution in [2.24, 2.45) is 18.0 Å². The number of nitrogens with zero attached hydrogens (tertiary/aromatic N) is 4. The Morgan fingerprint density at radius 3 is 2.78 bits per heavy atom. The average Bonchev–Trinajstić information content (AvgIpc) is 3.24. The molecule has 0 aliphatic carbocycles. The first kappa shape index (κ1) is 21.5. The van der Waals surface area contributed by atoms with E-state index in [0.717, 1.165) is 13.0 Å². The van der Waals surface area contributed by atoms with Gasteiger partial charge in [0.1, 0.15) is 5.82 Å². The van der Waals surface area contributed by atoms with Crippen LogP contribution in [0, 0.1) is 5.92 Å². The zero-order valence-corrected chi connectivity index (χ0v) is 16.0. The monoisotopic (exact) mass is 391 g/mol. The number of imidazole rings is 1. The van der Waals surface area contributed by atoms with Crippen molar-refractivity contribution in [2.75, 3.05) is 39.9 Å². The van der Waals surface area contributed by atoms with E-state index in [1.54, 1.807) is 0 Å². The summed E-state index contributed by atoms with van der Waals surface area (Å²) < 4.78 is 47.2. The van der Waals surface area contributed by atoms with Crippen molar-refractivity contribution in [3.8, 4) is 0 Å². The second kappa shape index (κ2) is 8.92. The molecule has 2 atom stereocenters. The molecule has 1 saturated heterocycles. The predicted octanol–water partition coefficient (Wildman–Crippen LogP) is 1.49. The van der Waals surface area contributed by atoms with E-state index in [2.05, 4.69) is 15.3 Å². The lowest BCUT2D eigenvalue weighted by atomic mass is 9.98. The minimum Gasteiger partial charge on any atom is -0.381 e. The zero-order valence-electron chi connectivity index (χ0n) is 16.0. The minimum absolute atomic E-state index is 0.198. The molecule has 0 radical (unpaired) electrons. The minimum atomic E-state index is -4.85. The van der Waals surface area contributed by atoms with E-state index in [1.807, 2.05) is 18.9 Å². The molecule has 1 aromatic heterocycles. The Morgan fingerprint density at radius 2 is 2.26 bits per heavy atom. The molecule has 2 rings (SSSR count). The van der Waals surface area contributed by atoms with Crippen LogP contribution in [0.5, 0.6) is 0 Å². The summed E-state index contributed by atoms with van der Waals surface area (Å²) in [6.07, 6.45) is -1.91. The van der Waals surface area contributed by atoms with Gasteiger partial charge in [-0.15, -0.1) is 0 Å². The van der Waals surface area contributed by atoms with E-state index in [4.69, 9.17) is 4.74 Å². The van der Waals surface area contributed by atoms with Crippen LogP contribution in [0.15, 0.2) is 17.4 Å². The van der Waals surface area contributed by atoms with Gasteiger partial charge in [-0.05, 0) is 13.3 Å². The van der Waals surface area contributed by atoms with Gasteiger partial charge in [-0.2, -0.15) is 13.2 Å². The third-order valence-electron chi connectivity index (χ3n) is 4.65. The van der Waals surface area contributed by atoms with Crippen LogP contribution in [0.4, 0.5) is 13.2 Å². The molecule has 0 amide bonds. The quantitative estimate of drug-likeness (QED) is 0.544. The summed E-state index contributed by atoms with van der Waals surface area (Å²) >= 11 is 0. The highest BCUT2D eigenvalue weighted by molar-refractivity contribution is 5.79. The molecule has 2 N–H and O–H groups in total. The molecule has 7 nitrogen and oxygen atoms in total. The van der Waals surface area contributed by atoms with Crippen molar-refractivity contribution in [3.63, 3.8) is 0 Å². The van der Waals surface area contributed by atoms with Crippen molar-refractivity contribution in [2.45, 2.75) is 31.5 Å². The fourth-order valence-corrected chi connectivity index (χ4v) is 3.14. The normalized spacial score (nSPS) is 20.6. The summed E-state index contributed by atoms with van der Waals surface area (Å²) in [7, 11) is 3.26. The maximum absolute atomic E-state index is 13.6. The van der Waals surface area contributed by atoms with Crippen LogP contribution in [-0.4, -0.2) is 71.6 Å². The van der Waals surface area contributed by atoms with Crippen LogP contribution in [0.1, 0.15) is 25.6 Å². The summed E-state index contributed by atoms with van der Waals surface area (Å²) in [5.41, 5.74) is -3.05. The van der Waals surface area contributed by atoms with Gasteiger partial charge in [0.25, 0.3) is 0 Å². The number of hydrogen-bond acceptors (Lipinski definition) is 4. The van der Waals surface area contributed by atoms with Gasteiger partial charge < -0.3 is 24.6 Å². The van der Waals surface area contributed by atoms with Crippen LogP contribution < -0.4 is 5.32 Å². The Bertz CT molecular complexity index is 628. The highest BCUT2D eigenvalue weighted by Gasteiger charge is 2.57. The van der Waals surface area contributed by atoms with Crippen LogP contribution >= 0.6 is 0 Å². The lowest BCUT2D eigenvalue weighted by Gasteiger charge is -2.30. The number of alkyl halides is 3. The van der Waals surface area contributed by atoms with Crippen molar-refractivity contribution < 1.29 is 23.0 Å². The van der Waals surface area contributed by atoms with E-state index in [1.165, 1.54) is 24.0 Å². The first-order valence-electron chi connectivity index (χ1n) is 9.03. The van der Waals surface area contributed by atoms with Gasteiger partial charge in [0.05, 0.1) is 6.61 Å². The molecule has 1 aliphatic heterocycles. The van der Waals surface area contributed by atoms with Gasteiger partial charge in [0.2, 0.25) is 5.60 Å². The number of halogens is 3. The molecule has 1 aliphatic rings. The van der Waals surface area contributed by atoms with Gasteiger partial charge in [-0.1, -0.05) is 0 Å². The molecule has 1 aromatic rings. The zero-order chi connectivity index (χ0) is 20.1. The molecule has 0 aromatic carbocycles. The lowest BCUT2D eigenvalue weighted by Crippen LogP contribution is -2.45. The third kappa shape index (κ3) is 5.13. The highest BCUT2D eigenvalue weighted by Crippen LogP contribution is 2.40. The van der Waals surface area contributed by atoms with E-state index in [0.29, 0.717) is 31.6 Å². The molecule has 0 saturated carbocycles. The standard InChI is InChI=1S/C17H28F3N5O2/c1-4-21-15(25(3)11-13-5-10-27-12-13)23-7-6-16(26,17(18,19)20)14-22-8-9-24(14)2/h8-9,13,26H,4-7,10-12H2,1-3H3,(H,21,23). The Balaban J connectivity index is 2.10. The average molecular weight is 391 g/mol. The first-order valence-corrected chi connectivity index (χ1v) is 9.03. The number of guanidine groups is 1. The molecular formula is C17H28F3N5O2. The van der Waals surface area contributed by atoms with E-state index in [-0.39, 0.29) is 6.54 Å². The molecule has 154 valence electrons. The summed E-state index contributed by atoms with van der Waals surface area (Å²) in [6, 6.07) is 0. The molecule has 0 bridgehead atoms. The number of nitrogens with one attached hydrogen (secondary N) is 1. The van der Waals surface area contributed by atoms with Crippen molar-refractivity contribution in [1.82, 2.24) is 19.8 Å². The fourth-order valence-electron chi connectivity index (χ4n) is 3.14. The number of aliphatic imine (C=N–C) groups is 1. The summed E-state index contributed by atoms with van der Waals surface area (Å²) in [5.74, 6) is 0.443. The second-order valence-corrected chi connectivity index (χ2v) is 6.82. The summed E-state index contributed by atoms with van der Waals surface area (Å²) in [6.45, 7) is 4.39. The molecule has 1 fully saturated rings. The topological polar surface area (TPSA) is 74.9 Å². The molecule has 0 spiro atoms. The van der Waals surface area contributed by atoms with Gasteiger partial charge in [-0.3, -0.25) is 4.99 Å². The largest absolute Gasteiger partial charge is 0.424 e. The predicted molar refractivity (Wildman–Crippen MR) is 95.3 cm³/mol. The lowest BCUT2D eigenvalue weighted by molar-refractivity contribution is -0.272. The van der Waals surface area contributed by atoms with E-state index >= 15 is 0 Å². The molecule has 27 heavy (non-hydrogen) atoms. The van der Waals surface area contributed by atoms with Crippen LogP contribution in [0.3, 0.4) is 0 Å².